The molecule has 1 aromatic heterocycles. The second-order valence-corrected chi connectivity index (χ2v) is 8.03. The lowest BCUT2D eigenvalue weighted by atomic mass is 9.71. The fourth-order valence-electron chi connectivity index (χ4n) is 2.71. The third-order valence-corrected chi connectivity index (χ3v) is 4.61. The van der Waals surface area contributed by atoms with Crippen LogP contribution in [0.1, 0.15) is 53.2 Å². The molecule has 0 saturated carbocycles. The van der Waals surface area contributed by atoms with Gasteiger partial charge in [-0.15, -0.1) is 0 Å². The fourth-order valence-corrected chi connectivity index (χ4v) is 2.71. The Morgan fingerprint density at radius 2 is 2.06 bits per heavy atom. The number of rotatable bonds is 9. The predicted octanol–water partition coefficient (Wildman–Crippen LogP) is 4.42. The highest BCUT2D eigenvalue weighted by molar-refractivity contribution is 6.54. The second-order valence-electron chi connectivity index (χ2n) is 8.03. The van der Waals surface area contributed by atoms with Crippen molar-refractivity contribution in [3.05, 3.63) is 51.4 Å². The number of alkyl halides is 3. The molecule has 170 valence electrons. The molecule has 0 aromatic carbocycles. The number of halogens is 3. The normalized spacial score (nSPS) is 17.3. The van der Waals surface area contributed by atoms with Gasteiger partial charge in [0.2, 0.25) is 12.0 Å². The monoisotopic (exact) mass is 442 g/mol. The SMILES string of the molecule is CCC(C)(C)OB(OC(C)C)C1=CC(Nc2nccc(C(F)(F)F)n2)=CC([N+](=O)[O-])C1. The zero-order valence-corrected chi connectivity index (χ0v) is 18.1. The van der Waals surface area contributed by atoms with E-state index >= 15 is 0 Å². The van der Waals surface area contributed by atoms with Crippen LogP contribution in [-0.4, -0.2) is 39.8 Å². The van der Waals surface area contributed by atoms with Gasteiger partial charge in [-0.05, 0) is 51.7 Å². The summed E-state index contributed by atoms with van der Waals surface area (Å²) in [6.07, 6.45) is -0.293. The first-order valence-corrected chi connectivity index (χ1v) is 9.87. The predicted molar refractivity (Wildman–Crippen MR) is 110 cm³/mol. The number of aromatic nitrogens is 2. The van der Waals surface area contributed by atoms with Gasteiger partial charge in [0.15, 0.2) is 0 Å². The molecule has 1 aromatic rings. The highest BCUT2D eigenvalue weighted by Gasteiger charge is 2.37. The molecule has 1 unspecified atom stereocenters. The van der Waals surface area contributed by atoms with Crippen LogP contribution in [0.2, 0.25) is 0 Å². The van der Waals surface area contributed by atoms with Crippen molar-refractivity contribution in [1.82, 2.24) is 9.97 Å². The molecule has 0 spiro atoms. The lowest BCUT2D eigenvalue weighted by molar-refractivity contribution is -0.508. The van der Waals surface area contributed by atoms with Crippen molar-refractivity contribution in [3.63, 3.8) is 0 Å². The van der Waals surface area contributed by atoms with Gasteiger partial charge in [-0.1, -0.05) is 6.92 Å². The Balaban J connectivity index is 2.37. The summed E-state index contributed by atoms with van der Waals surface area (Å²) in [5.41, 5.74) is -0.986. The molecule has 0 radical (unpaired) electrons. The molecule has 2 rings (SSSR count). The Labute approximate surface area is 179 Å². The molecule has 0 saturated heterocycles. The molecule has 1 atom stereocenters. The number of allylic oxidation sites excluding steroid dienone is 1. The lowest BCUT2D eigenvalue weighted by Crippen LogP contribution is -2.40. The number of nitro groups is 1. The average molecular weight is 442 g/mol. The molecule has 0 amide bonds. The Hall–Kier alpha value is -2.47. The van der Waals surface area contributed by atoms with E-state index in [0.717, 1.165) is 12.3 Å². The first kappa shape index (κ1) is 24.8. The van der Waals surface area contributed by atoms with Crippen LogP contribution in [0.25, 0.3) is 0 Å². The van der Waals surface area contributed by atoms with Gasteiger partial charge in [-0.2, -0.15) is 13.2 Å². The second kappa shape index (κ2) is 9.78. The van der Waals surface area contributed by atoms with Crippen LogP contribution < -0.4 is 5.32 Å². The van der Waals surface area contributed by atoms with E-state index in [1.807, 2.05) is 34.6 Å². The molecular weight excluding hydrogens is 416 g/mol. The highest BCUT2D eigenvalue weighted by atomic mass is 19.4. The Kier molecular flexibility index (Phi) is 7.82. The van der Waals surface area contributed by atoms with Crippen LogP contribution in [0.5, 0.6) is 0 Å². The molecule has 1 aliphatic carbocycles. The molecule has 31 heavy (non-hydrogen) atoms. The van der Waals surface area contributed by atoms with E-state index < -0.39 is 35.6 Å². The van der Waals surface area contributed by atoms with E-state index in [0.29, 0.717) is 11.9 Å². The van der Waals surface area contributed by atoms with Crippen molar-refractivity contribution in [2.24, 2.45) is 0 Å². The summed E-state index contributed by atoms with van der Waals surface area (Å²) >= 11 is 0. The molecule has 12 heteroatoms. The maximum Gasteiger partial charge on any atom is 0.490 e. The number of hydrogen-bond acceptors (Lipinski definition) is 7. The summed E-state index contributed by atoms with van der Waals surface area (Å²) in [5, 5.41) is 14.2. The number of nitrogens with zero attached hydrogens (tertiary/aromatic N) is 3. The number of anilines is 1. The van der Waals surface area contributed by atoms with E-state index in [9.17, 15) is 23.3 Å². The summed E-state index contributed by atoms with van der Waals surface area (Å²) < 4.78 is 50.7. The molecule has 0 aliphatic heterocycles. The van der Waals surface area contributed by atoms with Gasteiger partial charge in [-0.25, -0.2) is 9.97 Å². The molecule has 8 nitrogen and oxygen atoms in total. The summed E-state index contributed by atoms with van der Waals surface area (Å²) in [5.74, 6) is -0.322. The van der Waals surface area contributed by atoms with Crippen LogP contribution in [0.4, 0.5) is 19.1 Å². The maximum atomic E-state index is 12.9. The summed E-state index contributed by atoms with van der Waals surface area (Å²) in [4.78, 5) is 18.3. The van der Waals surface area contributed by atoms with Gasteiger partial charge in [0.25, 0.3) is 0 Å². The van der Waals surface area contributed by atoms with E-state index in [2.05, 4.69) is 15.3 Å². The summed E-state index contributed by atoms with van der Waals surface area (Å²) in [6.45, 7) is 9.33. The van der Waals surface area contributed by atoms with Gasteiger partial charge >= 0.3 is 13.3 Å². The smallest absolute Gasteiger partial charge is 0.405 e. The number of nitrogens with one attached hydrogen (secondary N) is 1. The number of hydrogen-bond donors (Lipinski definition) is 1. The molecule has 1 heterocycles. The van der Waals surface area contributed by atoms with Gasteiger partial charge in [0.05, 0.1) is 0 Å². The van der Waals surface area contributed by atoms with Crippen LogP contribution in [-0.2, 0) is 15.5 Å². The van der Waals surface area contributed by atoms with Gasteiger partial charge in [0.1, 0.15) is 5.69 Å². The Bertz CT molecular complexity index is 859. The van der Waals surface area contributed by atoms with Gasteiger partial charge in [-0.3, -0.25) is 10.1 Å². The molecule has 0 bridgehead atoms. The van der Waals surface area contributed by atoms with E-state index in [-0.39, 0.29) is 24.2 Å². The van der Waals surface area contributed by atoms with E-state index in [1.54, 1.807) is 6.08 Å². The minimum atomic E-state index is -4.64. The Morgan fingerprint density at radius 1 is 1.39 bits per heavy atom. The van der Waals surface area contributed by atoms with Gasteiger partial charge in [0, 0.05) is 41.0 Å². The van der Waals surface area contributed by atoms with E-state index in [4.69, 9.17) is 9.31 Å². The standard InChI is InChI=1S/C19H26BF3N4O4/c1-6-18(4,5)31-20(30-12(2)3)13-9-14(11-15(10-13)27(28)29)25-17-24-8-7-16(26-17)19(21,22)23/h7-9,11-12,15H,6,10H2,1-5H3,(H,24,25,26). The van der Waals surface area contributed by atoms with Crippen molar-refractivity contribution in [3.8, 4) is 0 Å². The topological polar surface area (TPSA) is 99.4 Å². The molecule has 1 aliphatic rings. The first-order chi connectivity index (χ1) is 14.3. The van der Waals surface area contributed by atoms with Gasteiger partial charge < -0.3 is 14.6 Å². The van der Waals surface area contributed by atoms with Crippen molar-refractivity contribution < 1.29 is 27.4 Å². The zero-order valence-electron chi connectivity index (χ0n) is 18.1. The largest absolute Gasteiger partial charge is 0.490 e. The average Bonchev–Trinajstić information content (AvgIpc) is 2.66. The van der Waals surface area contributed by atoms with Crippen molar-refractivity contribution >= 4 is 13.1 Å². The summed E-state index contributed by atoms with van der Waals surface area (Å²) in [6, 6.07) is -0.366. The van der Waals surface area contributed by atoms with Crippen LogP contribution >= 0.6 is 0 Å². The molecular formula is C19H26BF3N4O4. The highest BCUT2D eigenvalue weighted by Crippen LogP contribution is 2.29. The molecule has 1 N–H and O–H groups in total. The van der Waals surface area contributed by atoms with Crippen LogP contribution in [0.15, 0.2) is 35.6 Å². The van der Waals surface area contributed by atoms with Crippen LogP contribution in [0.3, 0.4) is 0 Å². The van der Waals surface area contributed by atoms with E-state index in [1.165, 1.54) is 6.08 Å². The third kappa shape index (κ3) is 7.32. The summed E-state index contributed by atoms with van der Waals surface area (Å²) in [7, 11) is -0.856. The Morgan fingerprint density at radius 3 is 2.61 bits per heavy atom. The third-order valence-electron chi connectivity index (χ3n) is 4.61. The maximum absolute atomic E-state index is 12.9. The molecule has 0 fully saturated rings. The lowest BCUT2D eigenvalue weighted by Gasteiger charge is -2.31. The minimum Gasteiger partial charge on any atom is -0.405 e. The van der Waals surface area contributed by atoms with Crippen molar-refractivity contribution in [2.75, 3.05) is 5.32 Å². The first-order valence-electron chi connectivity index (χ1n) is 9.87. The van der Waals surface area contributed by atoms with Crippen LogP contribution in [0, 0.1) is 10.1 Å². The van der Waals surface area contributed by atoms with Crippen molar-refractivity contribution in [2.45, 2.75) is 71.4 Å². The zero-order chi connectivity index (χ0) is 23.4. The quantitative estimate of drug-likeness (QED) is 0.343. The van der Waals surface area contributed by atoms with Crippen molar-refractivity contribution in [1.29, 1.82) is 0 Å². The fraction of sp³-hybridized carbons (Fsp3) is 0.579. The minimum absolute atomic E-state index is 0.0405.